The van der Waals surface area contributed by atoms with Gasteiger partial charge in [0.25, 0.3) is 0 Å². The van der Waals surface area contributed by atoms with Gasteiger partial charge in [0, 0.05) is 38.3 Å². The SMILES string of the molecule is COC[C@@H]1CNCCN1c1nccc2ccccc12. The summed E-state index contributed by atoms with van der Waals surface area (Å²) in [5, 5.41) is 5.87. The van der Waals surface area contributed by atoms with Gasteiger partial charge < -0.3 is 15.0 Å². The summed E-state index contributed by atoms with van der Waals surface area (Å²) in [5.41, 5.74) is 0. The number of nitrogens with one attached hydrogen (secondary N) is 1. The van der Waals surface area contributed by atoms with Gasteiger partial charge in [0.2, 0.25) is 0 Å². The number of benzene rings is 1. The van der Waals surface area contributed by atoms with E-state index in [1.165, 1.54) is 10.8 Å². The maximum atomic E-state index is 5.34. The van der Waals surface area contributed by atoms with Crippen molar-refractivity contribution in [3.8, 4) is 0 Å². The highest BCUT2D eigenvalue weighted by molar-refractivity contribution is 5.92. The minimum Gasteiger partial charge on any atom is -0.383 e. The lowest BCUT2D eigenvalue weighted by Crippen LogP contribution is -2.53. The van der Waals surface area contributed by atoms with E-state index in [4.69, 9.17) is 4.74 Å². The van der Waals surface area contributed by atoms with Crippen LogP contribution in [0.1, 0.15) is 0 Å². The van der Waals surface area contributed by atoms with Crippen LogP contribution in [0.25, 0.3) is 10.8 Å². The van der Waals surface area contributed by atoms with Crippen LogP contribution in [0, 0.1) is 0 Å². The second-order valence-electron chi connectivity index (χ2n) is 4.86. The number of anilines is 1. The zero-order chi connectivity index (χ0) is 13.1. The summed E-state index contributed by atoms with van der Waals surface area (Å²) >= 11 is 0. The smallest absolute Gasteiger partial charge is 0.136 e. The van der Waals surface area contributed by atoms with Gasteiger partial charge in [-0.1, -0.05) is 24.3 Å². The van der Waals surface area contributed by atoms with E-state index in [1.807, 2.05) is 6.20 Å². The van der Waals surface area contributed by atoms with Crippen molar-refractivity contribution in [3.05, 3.63) is 36.5 Å². The maximum absolute atomic E-state index is 5.34. The van der Waals surface area contributed by atoms with Crippen LogP contribution in [0.3, 0.4) is 0 Å². The van der Waals surface area contributed by atoms with Gasteiger partial charge in [-0.25, -0.2) is 4.98 Å². The van der Waals surface area contributed by atoms with Crippen LogP contribution >= 0.6 is 0 Å². The number of fused-ring (bicyclic) bond motifs is 1. The third kappa shape index (κ3) is 2.41. The zero-order valence-corrected chi connectivity index (χ0v) is 11.2. The predicted molar refractivity (Wildman–Crippen MR) is 77.6 cm³/mol. The van der Waals surface area contributed by atoms with Crippen LogP contribution in [0.15, 0.2) is 36.5 Å². The van der Waals surface area contributed by atoms with Gasteiger partial charge in [-0.2, -0.15) is 0 Å². The summed E-state index contributed by atoms with van der Waals surface area (Å²) in [7, 11) is 1.75. The van der Waals surface area contributed by atoms with Crippen LogP contribution in [0.2, 0.25) is 0 Å². The van der Waals surface area contributed by atoms with Crippen molar-refractivity contribution in [2.24, 2.45) is 0 Å². The van der Waals surface area contributed by atoms with E-state index in [-0.39, 0.29) is 0 Å². The van der Waals surface area contributed by atoms with E-state index in [0.29, 0.717) is 6.04 Å². The standard InChI is InChI=1S/C15H19N3O/c1-19-11-13-10-16-8-9-18(13)15-14-5-3-2-4-12(14)6-7-17-15/h2-7,13,16H,8-11H2,1H3/t13-/m0/s1. The molecule has 0 spiro atoms. The van der Waals surface area contributed by atoms with Gasteiger partial charge in [-0.3, -0.25) is 0 Å². The third-order valence-corrected chi connectivity index (χ3v) is 3.63. The number of piperazine rings is 1. The topological polar surface area (TPSA) is 37.4 Å². The number of hydrogen-bond acceptors (Lipinski definition) is 4. The summed E-state index contributed by atoms with van der Waals surface area (Å²) in [6.07, 6.45) is 1.89. The monoisotopic (exact) mass is 257 g/mol. The number of rotatable bonds is 3. The first-order valence-electron chi connectivity index (χ1n) is 6.70. The predicted octanol–water partition coefficient (Wildman–Crippen LogP) is 1.66. The van der Waals surface area contributed by atoms with E-state index in [2.05, 4.69) is 45.5 Å². The van der Waals surface area contributed by atoms with E-state index in [0.717, 1.165) is 32.1 Å². The van der Waals surface area contributed by atoms with Gasteiger partial charge in [-0.15, -0.1) is 0 Å². The molecular formula is C15H19N3O. The lowest BCUT2D eigenvalue weighted by atomic mass is 10.1. The lowest BCUT2D eigenvalue weighted by molar-refractivity contribution is 0.170. The average molecular weight is 257 g/mol. The zero-order valence-electron chi connectivity index (χ0n) is 11.2. The minimum absolute atomic E-state index is 0.344. The van der Waals surface area contributed by atoms with E-state index in [9.17, 15) is 0 Å². The first kappa shape index (κ1) is 12.4. The molecule has 4 nitrogen and oxygen atoms in total. The Hall–Kier alpha value is -1.65. The fraction of sp³-hybridized carbons (Fsp3) is 0.400. The fourth-order valence-electron chi connectivity index (χ4n) is 2.71. The third-order valence-electron chi connectivity index (χ3n) is 3.63. The van der Waals surface area contributed by atoms with Crippen molar-refractivity contribution in [1.29, 1.82) is 0 Å². The first-order chi connectivity index (χ1) is 9.40. The molecule has 1 aliphatic rings. The summed E-state index contributed by atoms with van der Waals surface area (Å²) in [6, 6.07) is 10.8. The van der Waals surface area contributed by atoms with Crippen molar-refractivity contribution in [2.45, 2.75) is 6.04 Å². The Kier molecular flexibility index (Phi) is 3.62. The number of aromatic nitrogens is 1. The molecule has 2 aromatic rings. The Morgan fingerprint density at radius 1 is 1.37 bits per heavy atom. The summed E-state index contributed by atoms with van der Waals surface area (Å²) < 4.78 is 5.34. The molecule has 1 aliphatic heterocycles. The van der Waals surface area contributed by atoms with Gasteiger partial charge in [0.15, 0.2) is 0 Å². The molecular weight excluding hydrogens is 238 g/mol. The molecule has 1 N–H and O–H groups in total. The van der Waals surface area contributed by atoms with Crippen LogP contribution in [-0.4, -0.2) is 44.4 Å². The molecule has 2 heterocycles. The molecule has 0 aliphatic carbocycles. The number of methoxy groups -OCH3 is 1. The first-order valence-corrected chi connectivity index (χ1v) is 6.70. The molecule has 100 valence electrons. The van der Waals surface area contributed by atoms with E-state index < -0.39 is 0 Å². The molecule has 0 saturated carbocycles. The van der Waals surface area contributed by atoms with Gasteiger partial charge in [0.05, 0.1) is 12.6 Å². The van der Waals surface area contributed by atoms with Crippen molar-refractivity contribution in [3.63, 3.8) is 0 Å². The molecule has 1 saturated heterocycles. The molecule has 1 atom stereocenters. The van der Waals surface area contributed by atoms with Crippen LogP contribution in [0.4, 0.5) is 5.82 Å². The van der Waals surface area contributed by atoms with Gasteiger partial charge in [-0.05, 0) is 11.5 Å². The molecule has 0 amide bonds. The van der Waals surface area contributed by atoms with Crippen molar-refractivity contribution in [2.75, 3.05) is 38.3 Å². The number of nitrogens with zero attached hydrogens (tertiary/aromatic N) is 2. The van der Waals surface area contributed by atoms with E-state index >= 15 is 0 Å². The molecule has 1 aromatic carbocycles. The quantitative estimate of drug-likeness (QED) is 0.907. The fourth-order valence-corrected chi connectivity index (χ4v) is 2.71. The second kappa shape index (κ2) is 5.55. The normalized spacial score (nSPS) is 19.8. The highest BCUT2D eigenvalue weighted by atomic mass is 16.5. The average Bonchev–Trinajstić information content (AvgIpc) is 2.48. The summed E-state index contributed by atoms with van der Waals surface area (Å²) in [5.74, 6) is 1.07. The molecule has 0 bridgehead atoms. The number of pyridine rings is 1. The molecule has 0 radical (unpaired) electrons. The summed E-state index contributed by atoms with van der Waals surface area (Å²) in [4.78, 5) is 6.97. The Labute approximate surface area is 113 Å². The van der Waals surface area contributed by atoms with Crippen molar-refractivity contribution >= 4 is 16.6 Å². The molecule has 3 rings (SSSR count). The number of hydrogen-bond donors (Lipinski definition) is 1. The Morgan fingerprint density at radius 3 is 3.16 bits per heavy atom. The molecule has 1 fully saturated rings. The van der Waals surface area contributed by atoms with Gasteiger partial charge in [0.1, 0.15) is 5.82 Å². The van der Waals surface area contributed by atoms with E-state index in [1.54, 1.807) is 7.11 Å². The van der Waals surface area contributed by atoms with Crippen molar-refractivity contribution in [1.82, 2.24) is 10.3 Å². The molecule has 1 aromatic heterocycles. The van der Waals surface area contributed by atoms with Crippen LogP contribution in [-0.2, 0) is 4.74 Å². The summed E-state index contributed by atoms with van der Waals surface area (Å²) in [6.45, 7) is 3.62. The number of ether oxygens (including phenoxy) is 1. The van der Waals surface area contributed by atoms with Crippen LogP contribution in [0.5, 0.6) is 0 Å². The lowest BCUT2D eigenvalue weighted by Gasteiger charge is -2.37. The highest BCUT2D eigenvalue weighted by Crippen LogP contribution is 2.26. The second-order valence-corrected chi connectivity index (χ2v) is 4.86. The Balaban J connectivity index is 2.02. The molecule has 4 heteroatoms. The molecule has 19 heavy (non-hydrogen) atoms. The maximum Gasteiger partial charge on any atom is 0.136 e. The minimum atomic E-state index is 0.344. The molecule has 0 unspecified atom stereocenters. The van der Waals surface area contributed by atoms with Crippen LogP contribution < -0.4 is 10.2 Å². The Morgan fingerprint density at radius 2 is 2.26 bits per heavy atom. The van der Waals surface area contributed by atoms with Crippen molar-refractivity contribution < 1.29 is 4.74 Å². The van der Waals surface area contributed by atoms with Gasteiger partial charge >= 0.3 is 0 Å². The largest absolute Gasteiger partial charge is 0.383 e. The highest BCUT2D eigenvalue weighted by Gasteiger charge is 2.24. The Bertz CT molecular complexity index is 551.